The lowest BCUT2D eigenvalue weighted by molar-refractivity contribution is -0.385. The molecule has 0 bridgehead atoms. The SMILES string of the molecule is CCN(Cc1nc(-c2cccc(C)c2)no1)C(=O)c1ccc(C)c([N+](=O)[O-])c1. The number of nitro benzene ring substituents is 1. The maximum Gasteiger partial charge on any atom is 0.273 e. The maximum atomic E-state index is 12.8. The summed E-state index contributed by atoms with van der Waals surface area (Å²) in [6.45, 7) is 5.94. The van der Waals surface area contributed by atoms with E-state index < -0.39 is 4.92 Å². The highest BCUT2D eigenvalue weighted by Crippen LogP contribution is 2.21. The molecule has 0 radical (unpaired) electrons. The summed E-state index contributed by atoms with van der Waals surface area (Å²) in [6, 6.07) is 12.2. The molecule has 0 saturated heterocycles. The third-order valence-corrected chi connectivity index (χ3v) is 4.39. The van der Waals surface area contributed by atoms with Gasteiger partial charge in [-0.1, -0.05) is 35.0 Å². The number of hydrogen-bond donors (Lipinski definition) is 0. The molecule has 0 aliphatic rings. The Balaban J connectivity index is 1.80. The normalized spacial score (nSPS) is 10.7. The lowest BCUT2D eigenvalue weighted by atomic mass is 10.1. The minimum atomic E-state index is -0.492. The monoisotopic (exact) mass is 380 g/mol. The van der Waals surface area contributed by atoms with Crippen LogP contribution in [0.15, 0.2) is 47.0 Å². The van der Waals surface area contributed by atoms with E-state index in [9.17, 15) is 14.9 Å². The highest BCUT2D eigenvalue weighted by atomic mass is 16.6. The Bertz CT molecular complexity index is 1030. The molecular formula is C20H20N4O4. The molecule has 3 rings (SSSR count). The molecule has 28 heavy (non-hydrogen) atoms. The minimum Gasteiger partial charge on any atom is -0.337 e. The van der Waals surface area contributed by atoms with E-state index in [0.29, 0.717) is 23.8 Å². The van der Waals surface area contributed by atoms with Crippen LogP contribution in [0.1, 0.15) is 34.3 Å². The van der Waals surface area contributed by atoms with Crippen LogP contribution >= 0.6 is 0 Å². The molecule has 1 heterocycles. The van der Waals surface area contributed by atoms with E-state index in [1.54, 1.807) is 19.1 Å². The second-order valence-corrected chi connectivity index (χ2v) is 6.46. The Hall–Kier alpha value is -3.55. The van der Waals surface area contributed by atoms with Crippen molar-refractivity contribution in [2.75, 3.05) is 6.54 Å². The summed E-state index contributed by atoms with van der Waals surface area (Å²) < 4.78 is 5.30. The number of aromatic nitrogens is 2. The van der Waals surface area contributed by atoms with E-state index in [-0.39, 0.29) is 23.7 Å². The Morgan fingerprint density at radius 3 is 2.68 bits per heavy atom. The van der Waals surface area contributed by atoms with Crippen molar-refractivity contribution in [3.8, 4) is 11.4 Å². The first-order valence-electron chi connectivity index (χ1n) is 8.83. The molecule has 1 amide bonds. The molecule has 0 aliphatic carbocycles. The Morgan fingerprint density at radius 2 is 2.00 bits per heavy atom. The quantitative estimate of drug-likeness (QED) is 0.474. The number of nitro groups is 1. The zero-order valence-corrected chi connectivity index (χ0v) is 15.9. The highest BCUT2D eigenvalue weighted by Gasteiger charge is 2.21. The fourth-order valence-corrected chi connectivity index (χ4v) is 2.83. The first-order chi connectivity index (χ1) is 13.4. The Morgan fingerprint density at radius 1 is 1.21 bits per heavy atom. The van der Waals surface area contributed by atoms with Gasteiger partial charge in [-0.15, -0.1) is 0 Å². The Labute approximate surface area is 161 Å². The van der Waals surface area contributed by atoms with E-state index in [2.05, 4.69) is 10.1 Å². The predicted octanol–water partition coefficient (Wildman–Crippen LogP) is 3.92. The molecule has 0 atom stereocenters. The first-order valence-corrected chi connectivity index (χ1v) is 8.83. The largest absolute Gasteiger partial charge is 0.337 e. The van der Waals surface area contributed by atoms with Crippen molar-refractivity contribution in [3.63, 3.8) is 0 Å². The second kappa shape index (κ2) is 7.99. The van der Waals surface area contributed by atoms with Crippen molar-refractivity contribution in [2.24, 2.45) is 0 Å². The van der Waals surface area contributed by atoms with Gasteiger partial charge in [-0.2, -0.15) is 4.98 Å². The van der Waals surface area contributed by atoms with Crippen LogP contribution in [0.3, 0.4) is 0 Å². The number of carbonyl (C=O) groups excluding carboxylic acids is 1. The zero-order valence-electron chi connectivity index (χ0n) is 15.9. The van der Waals surface area contributed by atoms with Crippen LogP contribution in [0.25, 0.3) is 11.4 Å². The summed E-state index contributed by atoms with van der Waals surface area (Å²) in [4.78, 5) is 29.3. The number of hydrogen-bond acceptors (Lipinski definition) is 6. The molecule has 2 aromatic carbocycles. The molecule has 0 N–H and O–H groups in total. The summed E-state index contributed by atoms with van der Waals surface area (Å²) >= 11 is 0. The molecule has 0 spiro atoms. The van der Waals surface area contributed by atoms with Gasteiger partial charge in [0.2, 0.25) is 11.7 Å². The molecule has 144 valence electrons. The number of nitrogens with zero attached hydrogens (tertiary/aromatic N) is 4. The zero-order chi connectivity index (χ0) is 20.3. The van der Waals surface area contributed by atoms with E-state index in [4.69, 9.17) is 4.52 Å². The molecule has 3 aromatic rings. The van der Waals surface area contributed by atoms with Gasteiger partial charge >= 0.3 is 0 Å². The maximum absolute atomic E-state index is 12.8. The van der Waals surface area contributed by atoms with Crippen LogP contribution in [0.2, 0.25) is 0 Å². The number of rotatable bonds is 6. The average Bonchev–Trinajstić information content (AvgIpc) is 3.14. The summed E-state index contributed by atoms with van der Waals surface area (Å²) in [5.41, 5.74) is 2.58. The van der Waals surface area contributed by atoms with Crippen molar-refractivity contribution in [1.82, 2.24) is 15.0 Å². The van der Waals surface area contributed by atoms with Crippen LogP contribution < -0.4 is 0 Å². The van der Waals surface area contributed by atoms with Gasteiger partial charge in [-0.3, -0.25) is 14.9 Å². The van der Waals surface area contributed by atoms with Crippen molar-refractivity contribution < 1.29 is 14.2 Å². The molecule has 0 aliphatic heterocycles. The standard InChI is InChI=1S/C20H20N4O4/c1-4-23(20(25)16-9-8-14(3)17(11-16)24(26)27)12-18-21-19(22-28-18)15-7-5-6-13(2)10-15/h5-11H,4,12H2,1-3H3. The van der Waals surface area contributed by atoms with Gasteiger partial charge in [0.1, 0.15) is 6.54 Å². The summed E-state index contributed by atoms with van der Waals surface area (Å²) in [7, 11) is 0. The van der Waals surface area contributed by atoms with Gasteiger partial charge in [-0.25, -0.2) is 0 Å². The van der Waals surface area contributed by atoms with Crippen LogP contribution in [0.5, 0.6) is 0 Å². The molecule has 8 nitrogen and oxygen atoms in total. The summed E-state index contributed by atoms with van der Waals surface area (Å²) in [5, 5.41) is 15.1. The van der Waals surface area contributed by atoms with Gasteiger partial charge in [-0.05, 0) is 32.9 Å². The summed E-state index contributed by atoms with van der Waals surface area (Å²) in [6.07, 6.45) is 0. The van der Waals surface area contributed by atoms with Crippen molar-refractivity contribution in [2.45, 2.75) is 27.3 Å². The number of aryl methyl sites for hydroxylation is 2. The van der Waals surface area contributed by atoms with Gasteiger partial charge in [0.25, 0.3) is 11.6 Å². The third-order valence-electron chi connectivity index (χ3n) is 4.39. The van der Waals surface area contributed by atoms with E-state index in [1.165, 1.54) is 11.0 Å². The molecule has 0 fully saturated rings. The lowest BCUT2D eigenvalue weighted by Crippen LogP contribution is -2.30. The molecule has 0 saturated carbocycles. The molecule has 1 aromatic heterocycles. The predicted molar refractivity (Wildman–Crippen MR) is 103 cm³/mol. The lowest BCUT2D eigenvalue weighted by Gasteiger charge is -2.18. The van der Waals surface area contributed by atoms with Crippen molar-refractivity contribution >= 4 is 11.6 Å². The summed E-state index contributed by atoms with van der Waals surface area (Å²) in [5.74, 6) is 0.419. The van der Waals surface area contributed by atoms with Gasteiger partial charge in [0.15, 0.2) is 0 Å². The van der Waals surface area contributed by atoms with Crippen molar-refractivity contribution in [1.29, 1.82) is 0 Å². The first kappa shape index (κ1) is 19.2. The third kappa shape index (κ3) is 4.06. The van der Waals surface area contributed by atoms with Crippen LogP contribution in [0.4, 0.5) is 5.69 Å². The average molecular weight is 380 g/mol. The topological polar surface area (TPSA) is 102 Å². The molecular weight excluding hydrogens is 360 g/mol. The second-order valence-electron chi connectivity index (χ2n) is 6.46. The van der Waals surface area contributed by atoms with E-state index in [1.807, 2.05) is 38.1 Å². The van der Waals surface area contributed by atoms with Crippen LogP contribution in [-0.2, 0) is 6.54 Å². The van der Waals surface area contributed by atoms with Crippen LogP contribution in [0, 0.1) is 24.0 Å². The van der Waals surface area contributed by atoms with Gasteiger partial charge < -0.3 is 9.42 Å². The molecule has 8 heteroatoms. The number of benzene rings is 2. The fourth-order valence-electron chi connectivity index (χ4n) is 2.83. The fraction of sp³-hybridized carbons (Fsp3) is 0.250. The highest BCUT2D eigenvalue weighted by molar-refractivity contribution is 5.95. The van der Waals surface area contributed by atoms with Crippen LogP contribution in [-0.4, -0.2) is 32.4 Å². The smallest absolute Gasteiger partial charge is 0.273 e. The van der Waals surface area contributed by atoms with Gasteiger partial charge in [0.05, 0.1) is 4.92 Å². The Kier molecular flexibility index (Phi) is 5.49. The number of amides is 1. The van der Waals surface area contributed by atoms with E-state index in [0.717, 1.165) is 11.1 Å². The van der Waals surface area contributed by atoms with Gasteiger partial charge in [0, 0.05) is 29.3 Å². The molecule has 0 unspecified atom stereocenters. The number of carbonyl (C=O) groups is 1. The van der Waals surface area contributed by atoms with Crippen molar-refractivity contribution in [3.05, 3.63) is 75.2 Å². The van der Waals surface area contributed by atoms with E-state index >= 15 is 0 Å². The minimum absolute atomic E-state index is 0.0820.